The highest BCUT2D eigenvalue weighted by molar-refractivity contribution is 7.80. The van der Waals surface area contributed by atoms with Crippen molar-refractivity contribution in [3.8, 4) is 5.75 Å². The molecule has 1 aliphatic rings. The molecular weight excluding hydrogens is 365 g/mol. The monoisotopic (exact) mass is 391 g/mol. The molecule has 1 saturated heterocycles. The van der Waals surface area contributed by atoms with Gasteiger partial charge in [0.2, 0.25) is 0 Å². The lowest BCUT2D eigenvalue weighted by atomic mass is 10.2. The maximum Gasteiger partial charge on any atom is 0.142 e. The van der Waals surface area contributed by atoms with Gasteiger partial charge in [-0.3, -0.25) is 0 Å². The van der Waals surface area contributed by atoms with Gasteiger partial charge in [0.25, 0.3) is 0 Å². The molecule has 0 amide bonds. The molecule has 1 N–H and O–H groups in total. The van der Waals surface area contributed by atoms with Crippen molar-refractivity contribution in [3.05, 3.63) is 78.9 Å². The smallest absolute Gasteiger partial charge is 0.142 e. The van der Waals surface area contributed by atoms with Crippen molar-refractivity contribution in [2.24, 2.45) is 0 Å². The molecular formula is C24H26NO2P. The van der Waals surface area contributed by atoms with Crippen molar-refractivity contribution in [2.75, 3.05) is 25.2 Å². The number of ether oxygens (including phenoxy) is 1. The zero-order valence-corrected chi connectivity index (χ0v) is 17.1. The minimum absolute atomic E-state index is 0.151. The topological polar surface area (TPSA) is 32.7 Å². The summed E-state index contributed by atoms with van der Waals surface area (Å²) in [5.41, 5.74) is 1.14. The lowest BCUT2D eigenvalue weighted by Gasteiger charge is -2.32. The fourth-order valence-electron chi connectivity index (χ4n) is 4.05. The van der Waals surface area contributed by atoms with Crippen molar-refractivity contribution in [1.82, 2.24) is 0 Å². The summed E-state index contributed by atoms with van der Waals surface area (Å²) in [7, 11) is 1.00. The van der Waals surface area contributed by atoms with E-state index in [-0.39, 0.29) is 12.6 Å². The van der Waals surface area contributed by atoms with Gasteiger partial charge in [0.1, 0.15) is 5.75 Å². The van der Waals surface area contributed by atoms with E-state index in [4.69, 9.17) is 4.74 Å². The molecule has 4 heteroatoms. The standard InChI is InChI=1S/C24H26NO2P/c1-27-22-15-8-16-23(24(22)25-17-9-10-19(25)18-26)28(20-11-4-2-5-12-20)21-13-6-3-7-14-21/h2-8,11-16,19,26H,9-10,17-18H2,1H3/t19-/m1/s1. The number of methoxy groups -OCH3 is 1. The Morgan fingerprint density at radius 1 is 0.929 bits per heavy atom. The number of aliphatic hydroxyl groups is 1. The number of benzene rings is 3. The van der Waals surface area contributed by atoms with Crippen LogP contribution in [0.5, 0.6) is 5.75 Å². The molecule has 1 heterocycles. The minimum atomic E-state index is -0.732. The summed E-state index contributed by atoms with van der Waals surface area (Å²) >= 11 is 0. The molecule has 0 radical (unpaired) electrons. The molecule has 1 fully saturated rings. The van der Waals surface area contributed by atoms with Gasteiger partial charge >= 0.3 is 0 Å². The molecule has 3 nitrogen and oxygen atoms in total. The van der Waals surface area contributed by atoms with Crippen LogP contribution in [0.3, 0.4) is 0 Å². The maximum atomic E-state index is 9.95. The van der Waals surface area contributed by atoms with Crippen LogP contribution in [-0.2, 0) is 0 Å². The summed E-state index contributed by atoms with van der Waals surface area (Å²) in [6, 6.07) is 28.0. The second-order valence-electron chi connectivity index (χ2n) is 7.01. The van der Waals surface area contributed by atoms with Crippen LogP contribution in [0.25, 0.3) is 0 Å². The quantitative estimate of drug-likeness (QED) is 0.654. The molecule has 0 saturated carbocycles. The third kappa shape index (κ3) is 3.65. The molecule has 0 aliphatic carbocycles. The van der Waals surface area contributed by atoms with Gasteiger partial charge in [-0.25, -0.2) is 0 Å². The SMILES string of the molecule is COc1cccc(P(c2ccccc2)c2ccccc2)c1N1CCC[C@@H]1CO. The van der Waals surface area contributed by atoms with Gasteiger partial charge in [0.05, 0.1) is 25.4 Å². The Kier molecular flexibility index (Phi) is 5.95. The Morgan fingerprint density at radius 2 is 1.57 bits per heavy atom. The highest BCUT2D eigenvalue weighted by Crippen LogP contribution is 2.42. The maximum absolute atomic E-state index is 9.95. The molecule has 144 valence electrons. The number of nitrogens with zero attached hydrogens (tertiary/aromatic N) is 1. The Bertz CT molecular complexity index is 861. The van der Waals surface area contributed by atoms with E-state index in [0.717, 1.165) is 30.8 Å². The first-order valence-corrected chi connectivity index (χ1v) is 11.1. The zero-order valence-electron chi connectivity index (χ0n) is 16.2. The van der Waals surface area contributed by atoms with Crippen molar-refractivity contribution >= 4 is 29.5 Å². The van der Waals surface area contributed by atoms with E-state index in [1.165, 1.54) is 15.9 Å². The summed E-state index contributed by atoms with van der Waals surface area (Å²) in [4.78, 5) is 2.36. The number of para-hydroxylation sites is 1. The highest BCUT2D eigenvalue weighted by Gasteiger charge is 2.31. The van der Waals surface area contributed by atoms with Crippen LogP contribution < -0.4 is 25.6 Å². The van der Waals surface area contributed by atoms with Crippen LogP contribution in [0.4, 0.5) is 5.69 Å². The molecule has 1 atom stereocenters. The fourth-order valence-corrected chi connectivity index (χ4v) is 6.53. The second-order valence-corrected chi connectivity index (χ2v) is 9.19. The average Bonchev–Trinajstić information content (AvgIpc) is 3.24. The minimum Gasteiger partial charge on any atom is -0.495 e. The number of rotatable bonds is 6. The number of hydrogen-bond donors (Lipinski definition) is 1. The predicted octanol–water partition coefficient (Wildman–Crippen LogP) is 3.41. The predicted molar refractivity (Wildman–Crippen MR) is 119 cm³/mol. The van der Waals surface area contributed by atoms with Crippen LogP contribution in [0.1, 0.15) is 12.8 Å². The molecule has 0 unspecified atom stereocenters. The highest BCUT2D eigenvalue weighted by atomic mass is 31.1. The van der Waals surface area contributed by atoms with Crippen molar-refractivity contribution in [3.63, 3.8) is 0 Å². The van der Waals surface area contributed by atoms with E-state index in [0.29, 0.717) is 0 Å². The summed E-state index contributed by atoms with van der Waals surface area (Å²) in [5.74, 6) is 0.886. The van der Waals surface area contributed by atoms with E-state index >= 15 is 0 Å². The number of aliphatic hydroxyl groups excluding tert-OH is 1. The van der Waals surface area contributed by atoms with Crippen LogP contribution >= 0.6 is 7.92 Å². The van der Waals surface area contributed by atoms with Crippen molar-refractivity contribution < 1.29 is 9.84 Å². The molecule has 0 bridgehead atoms. The summed E-state index contributed by atoms with van der Waals surface area (Å²) in [5, 5.41) is 13.9. The average molecular weight is 391 g/mol. The largest absolute Gasteiger partial charge is 0.495 e. The van der Waals surface area contributed by atoms with Gasteiger partial charge in [-0.05, 0) is 37.4 Å². The summed E-state index contributed by atoms with van der Waals surface area (Å²) < 4.78 is 5.80. The number of hydrogen-bond acceptors (Lipinski definition) is 3. The first-order valence-electron chi connectivity index (χ1n) is 9.78. The molecule has 3 aromatic carbocycles. The molecule has 28 heavy (non-hydrogen) atoms. The Hall–Kier alpha value is -2.35. The van der Waals surface area contributed by atoms with Crippen molar-refractivity contribution in [1.29, 1.82) is 0 Å². The van der Waals surface area contributed by atoms with Crippen LogP contribution in [0.15, 0.2) is 78.9 Å². The Morgan fingerprint density at radius 3 is 2.14 bits per heavy atom. The van der Waals surface area contributed by atoms with Crippen LogP contribution in [0, 0.1) is 0 Å². The van der Waals surface area contributed by atoms with Crippen LogP contribution in [0.2, 0.25) is 0 Å². The van der Waals surface area contributed by atoms with Crippen molar-refractivity contribution in [2.45, 2.75) is 18.9 Å². The second kappa shape index (κ2) is 8.77. The molecule has 3 aromatic rings. The summed E-state index contributed by atoms with van der Waals surface area (Å²) in [6.45, 7) is 1.12. The zero-order chi connectivity index (χ0) is 19.3. The van der Waals surface area contributed by atoms with Crippen LogP contribution in [-0.4, -0.2) is 31.4 Å². The first-order chi connectivity index (χ1) is 13.8. The normalized spacial score (nSPS) is 16.5. The van der Waals surface area contributed by atoms with Gasteiger partial charge in [-0.2, -0.15) is 0 Å². The van der Waals surface area contributed by atoms with Gasteiger partial charge in [-0.15, -0.1) is 0 Å². The fraction of sp³-hybridized carbons (Fsp3) is 0.250. The van der Waals surface area contributed by atoms with E-state index < -0.39 is 7.92 Å². The molecule has 4 rings (SSSR count). The van der Waals surface area contributed by atoms with E-state index in [1.54, 1.807) is 7.11 Å². The molecule has 1 aliphatic heterocycles. The lowest BCUT2D eigenvalue weighted by Crippen LogP contribution is -2.36. The van der Waals surface area contributed by atoms with Gasteiger partial charge in [-0.1, -0.05) is 72.8 Å². The first kappa shape index (κ1) is 19.0. The van der Waals surface area contributed by atoms with E-state index in [2.05, 4.69) is 77.7 Å². The third-order valence-electron chi connectivity index (χ3n) is 5.34. The Labute approximate surface area is 168 Å². The molecule has 0 aromatic heterocycles. The summed E-state index contributed by atoms with van der Waals surface area (Å²) in [6.07, 6.45) is 2.11. The molecule has 0 spiro atoms. The number of anilines is 1. The third-order valence-corrected chi connectivity index (χ3v) is 7.81. The van der Waals surface area contributed by atoms with Gasteiger partial charge in [0.15, 0.2) is 0 Å². The Balaban J connectivity index is 1.92. The lowest BCUT2D eigenvalue weighted by molar-refractivity contribution is 0.266. The van der Waals surface area contributed by atoms with E-state index in [9.17, 15) is 5.11 Å². The van der Waals surface area contributed by atoms with E-state index in [1.807, 2.05) is 6.07 Å². The van der Waals surface area contributed by atoms with Gasteiger partial charge < -0.3 is 14.7 Å². The van der Waals surface area contributed by atoms with Gasteiger partial charge in [0, 0.05) is 11.8 Å².